The number of benzene rings is 4. The van der Waals surface area contributed by atoms with Gasteiger partial charge in [0.05, 0.1) is 32.3 Å². The maximum absolute atomic E-state index is 5.20. The summed E-state index contributed by atoms with van der Waals surface area (Å²) >= 11 is 0. The lowest BCUT2D eigenvalue weighted by molar-refractivity contribution is -0.877. The summed E-state index contributed by atoms with van der Waals surface area (Å²) in [4.78, 5) is 0. The number of nitrogens with zero attached hydrogens (tertiary/aromatic N) is 2. The Morgan fingerprint density at radius 2 is 1.00 bits per heavy atom. The summed E-state index contributed by atoms with van der Waals surface area (Å²) in [6.07, 6.45) is 0. The molecule has 0 saturated heterocycles. The Kier molecular flexibility index (Phi) is 6.00. The van der Waals surface area contributed by atoms with Crippen molar-refractivity contribution in [1.29, 1.82) is 0 Å². The van der Waals surface area contributed by atoms with Crippen LogP contribution in [0.1, 0.15) is 35.1 Å². The zero-order valence-electron chi connectivity index (χ0n) is 21.0. The van der Waals surface area contributed by atoms with Gasteiger partial charge in [-0.1, -0.05) is 126 Å². The fourth-order valence-electron chi connectivity index (χ4n) is 5.68. The zero-order valence-corrected chi connectivity index (χ0v) is 21.0. The van der Waals surface area contributed by atoms with E-state index in [2.05, 4.69) is 149 Å². The number of hydrogen-bond donors (Lipinski definition) is 0. The summed E-state index contributed by atoms with van der Waals surface area (Å²) in [5, 5.41) is 5.20. The minimum atomic E-state index is -0.311. The van der Waals surface area contributed by atoms with Crippen molar-refractivity contribution in [3.63, 3.8) is 0 Å². The van der Waals surface area contributed by atoms with Crippen molar-refractivity contribution in [2.75, 3.05) is 21.1 Å². The number of rotatable bonds is 7. The number of quaternary nitrogens is 1. The average Bonchev–Trinajstić information content (AvgIpc) is 3.56. The molecule has 0 heterocycles. The van der Waals surface area contributed by atoms with E-state index in [1.54, 1.807) is 0 Å². The molecule has 0 aromatic heterocycles. The van der Waals surface area contributed by atoms with Gasteiger partial charge in [-0.25, -0.2) is 4.59 Å². The molecule has 1 unspecified atom stereocenters. The standard InChI is InChI=1S/C33H33N2/c1-25(34-35(2,3)4)30(26-17-9-5-10-18-26)33(29-23-15-8-16-24-29)31(27-19-11-6-12-20-27)32(33)28-21-13-7-14-22-28/h5-24,30H,1-4H3/q+1/b34-25+. The first-order valence-corrected chi connectivity index (χ1v) is 12.3. The van der Waals surface area contributed by atoms with Gasteiger partial charge in [0.15, 0.2) is 0 Å². The van der Waals surface area contributed by atoms with Gasteiger partial charge in [0, 0.05) is 5.92 Å². The molecule has 0 spiro atoms. The van der Waals surface area contributed by atoms with Crippen molar-refractivity contribution in [3.05, 3.63) is 144 Å². The SMILES string of the molecule is C/C(=N\[N+](C)(C)C)C(c1ccccc1)C1(c2ccccc2)C(c2ccccc2)=C1c1ccccc1. The molecule has 1 aliphatic rings. The van der Waals surface area contributed by atoms with Crippen LogP contribution in [0.3, 0.4) is 0 Å². The first-order valence-electron chi connectivity index (χ1n) is 12.3. The molecule has 0 aliphatic heterocycles. The number of hydrogen-bond acceptors (Lipinski definition) is 1. The molecule has 0 radical (unpaired) electrons. The Bertz CT molecular complexity index is 1300. The Morgan fingerprint density at radius 1 is 0.600 bits per heavy atom. The highest BCUT2D eigenvalue weighted by Crippen LogP contribution is 2.70. The Morgan fingerprint density at radius 3 is 1.43 bits per heavy atom. The quantitative estimate of drug-likeness (QED) is 0.156. The van der Waals surface area contributed by atoms with Crippen LogP contribution in [0, 0.1) is 0 Å². The monoisotopic (exact) mass is 457 g/mol. The minimum absolute atomic E-state index is 0.0638. The van der Waals surface area contributed by atoms with Crippen LogP contribution in [-0.4, -0.2) is 31.4 Å². The highest BCUT2D eigenvalue weighted by atomic mass is 15.6. The van der Waals surface area contributed by atoms with E-state index < -0.39 is 0 Å². The molecular formula is C33H33N2+. The molecule has 2 nitrogen and oxygen atoms in total. The first-order chi connectivity index (χ1) is 16.9. The predicted molar refractivity (Wildman–Crippen MR) is 148 cm³/mol. The van der Waals surface area contributed by atoms with Gasteiger partial charge in [-0.05, 0) is 40.3 Å². The highest BCUT2D eigenvalue weighted by Gasteiger charge is 2.61. The molecule has 0 saturated carbocycles. The maximum atomic E-state index is 5.20. The van der Waals surface area contributed by atoms with Gasteiger partial charge in [0.25, 0.3) is 0 Å². The number of allylic oxidation sites excluding steroid dienone is 2. The molecule has 0 amide bonds. The van der Waals surface area contributed by atoms with Gasteiger partial charge in [-0.15, -0.1) is 0 Å². The molecule has 1 aliphatic carbocycles. The van der Waals surface area contributed by atoms with Crippen LogP contribution in [0.15, 0.2) is 126 Å². The van der Waals surface area contributed by atoms with E-state index in [-0.39, 0.29) is 11.3 Å². The van der Waals surface area contributed by atoms with Crippen LogP contribution < -0.4 is 0 Å². The summed E-state index contributed by atoms with van der Waals surface area (Å²) in [7, 11) is 6.37. The van der Waals surface area contributed by atoms with Gasteiger partial charge in [0.2, 0.25) is 0 Å². The van der Waals surface area contributed by atoms with Gasteiger partial charge in [-0.3, -0.25) is 0 Å². The smallest absolute Gasteiger partial charge is 0.0923 e. The molecule has 1 atom stereocenters. The third kappa shape index (κ3) is 4.26. The lowest BCUT2D eigenvalue weighted by Gasteiger charge is -2.33. The van der Waals surface area contributed by atoms with Crippen molar-refractivity contribution in [3.8, 4) is 0 Å². The Labute approximate surface area is 209 Å². The lowest BCUT2D eigenvalue weighted by Crippen LogP contribution is -2.34. The molecule has 4 aromatic carbocycles. The van der Waals surface area contributed by atoms with Gasteiger partial charge in [-0.2, -0.15) is 0 Å². The van der Waals surface area contributed by atoms with Crippen LogP contribution in [0.5, 0.6) is 0 Å². The molecule has 174 valence electrons. The van der Waals surface area contributed by atoms with Gasteiger partial charge >= 0.3 is 0 Å². The molecule has 4 aromatic rings. The maximum Gasteiger partial charge on any atom is 0.0923 e. The van der Waals surface area contributed by atoms with Crippen LogP contribution in [0.25, 0.3) is 11.1 Å². The first kappa shape index (κ1) is 23.0. The lowest BCUT2D eigenvalue weighted by atomic mass is 9.69. The summed E-state index contributed by atoms with van der Waals surface area (Å²) in [5.74, 6) is 0.0638. The largest absolute Gasteiger partial charge is 0.205 e. The molecule has 35 heavy (non-hydrogen) atoms. The Hall–Kier alpha value is -3.75. The third-order valence-corrected chi connectivity index (χ3v) is 6.77. The van der Waals surface area contributed by atoms with Crippen molar-refractivity contribution in [2.24, 2.45) is 5.10 Å². The van der Waals surface area contributed by atoms with E-state index in [4.69, 9.17) is 5.10 Å². The topological polar surface area (TPSA) is 12.4 Å². The second-order valence-electron chi connectivity index (χ2n) is 10.2. The van der Waals surface area contributed by atoms with Gasteiger partial charge < -0.3 is 0 Å². The predicted octanol–water partition coefficient (Wildman–Crippen LogP) is 7.41. The zero-order chi connectivity index (χ0) is 24.5. The normalized spacial score (nSPS) is 16.2. The molecule has 0 N–H and O–H groups in total. The molecule has 0 fully saturated rings. The molecule has 2 heteroatoms. The van der Waals surface area contributed by atoms with Crippen LogP contribution >= 0.6 is 0 Å². The van der Waals surface area contributed by atoms with Crippen molar-refractivity contribution in [1.82, 2.24) is 0 Å². The van der Waals surface area contributed by atoms with Crippen molar-refractivity contribution >= 4 is 16.9 Å². The van der Waals surface area contributed by atoms with E-state index in [0.717, 1.165) is 5.71 Å². The molecule has 5 rings (SSSR count). The van der Waals surface area contributed by atoms with E-state index in [1.165, 1.54) is 33.4 Å². The van der Waals surface area contributed by atoms with Crippen molar-refractivity contribution < 1.29 is 4.59 Å². The van der Waals surface area contributed by atoms with Crippen molar-refractivity contribution in [2.45, 2.75) is 18.3 Å². The molecular weight excluding hydrogens is 424 g/mol. The fourth-order valence-corrected chi connectivity index (χ4v) is 5.68. The Balaban J connectivity index is 1.84. The third-order valence-electron chi connectivity index (χ3n) is 6.77. The summed E-state index contributed by atoms with van der Waals surface area (Å²) in [5.41, 5.74) is 8.73. The van der Waals surface area contributed by atoms with E-state index in [0.29, 0.717) is 4.59 Å². The van der Waals surface area contributed by atoms with Crippen LogP contribution in [0.2, 0.25) is 0 Å². The summed E-state index contributed by atoms with van der Waals surface area (Å²) in [6, 6.07) is 43.7. The van der Waals surface area contributed by atoms with Crippen LogP contribution in [0.4, 0.5) is 0 Å². The van der Waals surface area contributed by atoms with E-state index in [9.17, 15) is 0 Å². The fraction of sp³-hybridized carbons (Fsp3) is 0.182. The highest BCUT2D eigenvalue weighted by molar-refractivity contribution is 6.23. The van der Waals surface area contributed by atoms with E-state index in [1.807, 2.05) is 0 Å². The average molecular weight is 458 g/mol. The van der Waals surface area contributed by atoms with Crippen LogP contribution in [-0.2, 0) is 5.41 Å². The summed E-state index contributed by atoms with van der Waals surface area (Å²) < 4.78 is 0.529. The second kappa shape index (κ2) is 9.13. The van der Waals surface area contributed by atoms with Gasteiger partial charge in [0.1, 0.15) is 0 Å². The van der Waals surface area contributed by atoms with E-state index >= 15 is 0 Å². The summed E-state index contributed by atoms with van der Waals surface area (Å²) in [6.45, 7) is 2.20. The minimum Gasteiger partial charge on any atom is -0.205 e. The molecule has 0 bridgehead atoms. The second-order valence-corrected chi connectivity index (χ2v) is 10.2.